The van der Waals surface area contributed by atoms with Crippen molar-refractivity contribution in [3.05, 3.63) is 65.5 Å². The van der Waals surface area contributed by atoms with E-state index in [1.165, 1.54) is 0 Å². The zero-order valence-corrected chi connectivity index (χ0v) is 17.2. The lowest BCUT2D eigenvalue weighted by Crippen LogP contribution is -2.47. The van der Waals surface area contributed by atoms with Crippen LogP contribution in [0.5, 0.6) is 0 Å². The van der Waals surface area contributed by atoms with Gasteiger partial charge in [0.05, 0.1) is 17.1 Å². The summed E-state index contributed by atoms with van der Waals surface area (Å²) in [7, 11) is 1.97. The van der Waals surface area contributed by atoms with Gasteiger partial charge in [-0.15, -0.1) is 0 Å². The Hall–Kier alpha value is -3.15. The Balaban J connectivity index is 1.57. The number of imidazole rings is 1. The summed E-state index contributed by atoms with van der Waals surface area (Å²) in [5.41, 5.74) is 3.58. The molecule has 1 aliphatic heterocycles. The average Bonchev–Trinajstić information content (AvgIpc) is 3.23. The number of nitrogens with one attached hydrogen (secondary N) is 1. The number of carbonyl (C=O) groups is 2. The normalized spacial score (nSPS) is 15.6. The first-order chi connectivity index (χ1) is 13.9. The van der Waals surface area contributed by atoms with Gasteiger partial charge in [0.2, 0.25) is 5.91 Å². The second kappa shape index (κ2) is 7.35. The Morgan fingerprint density at radius 2 is 1.76 bits per heavy atom. The molecule has 1 aliphatic rings. The highest BCUT2D eigenvalue weighted by Gasteiger charge is 2.35. The van der Waals surface area contributed by atoms with E-state index in [-0.39, 0.29) is 23.8 Å². The minimum atomic E-state index is -0.564. The number of hydrogen-bond acceptors (Lipinski definition) is 3. The molecule has 29 heavy (non-hydrogen) atoms. The third kappa shape index (κ3) is 3.28. The fraction of sp³-hybridized carbons (Fsp3) is 0.348. The molecule has 0 fully saturated rings. The first-order valence-electron chi connectivity index (χ1n) is 9.99. The summed E-state index contributed by atoms with van der Waals surface area (Å²) in [6.07, 6.45) is 0. The fourth-order valence-electron chi connectivity index (χ4n) is 3.98. The Labute approximate surface area is 170 Å². The second-order valence-electron chi connectivity index (χ2n) is 8.01. The van der Waals surface area contributed by atoms with Crippen molar-refractivity contribution in [3.8, 4) is 0 Å². The molecule has 3 aromatic rings. The van der Waals surface area contributed by atoms with Crippen LogP contribution < -0.4 is 5.32 Å². The van der Waals surface area contributed by atoms with Gasteiger partial charge in [-0.1, -0.05) is 44.2 Å². The van der Waals surface area contributed by atoms with Crippen LogP contribution in [0.1, 0.15) is 48.6 Å². The molecule has 2 amide bonds. The Morgan fingerprint density at radius 3 is 2.45 bits per heavy atom. The molecule has 0 saturated carbocycles. The van der Waals surface area contributed by atoms with E-state index in [0.29, 0.717) is 12.1 Å². The number of nitrogens with zero attached hydrogens (tertiary/aromatic N) is 3. The molecule has 150 valence electrons. The van der Waals surface area contributed by atoms with Gasteiger partial charge in [-0.2, -0.15) is 0 Å². The lowest BCUT2D eigenvalue weighted by molar-refractivity contribution is -0.126. The van der Waals surface area contributed by atoms with E-state index in [1.807, 2.05) is 60.1 Å². The number of rotatable bonds is 5. The van der Waals surface area contributed by atoms with Crippen LogP contribution in [0.4, 0.5) is 0 Å². The zero-order chi connectivity index (χ0) is 20.7. The number of amides is 2. The van der Waals surface area contributed by atoms with E-state index in [2.05, 4.69) is 19.2 Å². The van der Waals surface area contributed by atoms with E-state index >= 15 is 0 Å². The number of fused-ring (bicyclic) bond motifs is 2. The lowest BCUT2D eigenvalue weighted by Gasteiger charge is -2.28. The molecule has 0 radical (unpaired) electrons. The minimum Gasteiger partial charge on any atom is -0.344 e. The number of aromatic nitrogens is 2. The number of benzene rings is 2. The van der Waals surface area contributed by atoms with Gasteiger partial charge in [-0.25, -0.2) is 4.98 Å². The molecule has 2 heterocycles. The van der Waals surface area contributed by atoms with E-state index in [0.717, 1.165) is 22.4 Å². The maximum atomic E-state index is 13.1. The Kier molecular flexibility index (Phi) is 4.86. The van der Waals surface area contributed by atoms with Gasteiger partial charge >= 0.3 is 0 Å². The van der Waals surface area contributed by atoms with Gasteiger partial charge in [0.1, 0.15) is 11.9 Å². The van der Waals surface area contributed by atoms with Gasteiger partial charge in [0.15, 0.2) is 0 Å². The Bertz CT molecular complexity index is 1090. The number of aryl methyl sites for hydroxylation is 1. The van der Waals surface area contributed by atoms with Gasteiger partial charge in [0.25, 0.3) is 5.91 Å². The van der Waals surface area contributed by atoms with Crippen molar-refractivity contribution in [3.63, 3.8) is 0 Å². The highest BCUT2D eigenvalue weighted by molar-refractivity contribution is 6.01. The molecule has 4 rings (SSSR count). The molecule has 0 saturated heterocycles. The fourth-order valence-corrected chi connectivity index (χ4v) is 3.98. The monoisotopic (exact) mass is 390 g/mol. The summed E-state index contributed by atoms with van der Waals surface area (Å²) in [4.78, 5) is 32.2. The molecule has 0 aliphatic carbocycles. The summed E-state index contributed by atoms with van der Waals surface area (Å²) in [5.74, 6) is 0.704. The highest BCUT2D eigenvalue weighted by Crippen LogP contribution is 2.27. The summed E-state index contributed by atoms with van der Waals surface area (Å²) >= 11 is 0. The van der Waals surface area contributed by atoms with Crippen molar-refractivity contribution in [1.29, 1.82) is 0 Å². The van der Waals surface area contributed by atoms with Crippen LogP contribution >= 0.6 is 0 Å². The SMILES string of the molecule is CC(C)[C@H](NC(=O)[C@H](C)N1Cc2ccccc2C1=O)c1nc2ccccc2n1C. The van der Waals surface area contributed by atoms with E-state index < -0.39 is 6.04 Å². The summed E-state index contributed by atoms with van der Waals surface area (Å²) in [6.45, 7) is 6.37. The van der Waals surface area contributed by atoms with Crippen LogP contribution in [0, 0.1) is 5.92 Å². The quantitative estimate of drug-likeness (QED) is 0.726. The predicted molar refractivity (Wildman–Crippen MR) is 112 cm³/mol. The molecule has 0 spiro atoms. The molecular formula is C23H26N4O2. The largest absolute Gasteiger partial charge is 0.344 e. The van der Waals surface area contributed by atoms with Crippen LogP contribution in [0.3, 0.4) is 0 Å². The molecule has 0 unspecified atom stereocenters. The minimum absolute atomic E-state index is 0.0907. The predicted octanol–water partition coefficient (Wildman–Crippen LogP) is 3.43. The molecule has 2 aromatic carbocycles. The van der Waals surface area contributed by atoms with Crippen LogP contribution in [0.2, 0.25) is 0 Å². The molecule has 1 N–H and O–H groups in total. The van der Waals surface area contributed by atoms with E-state index in [4.69, 9.17) is 4.98 Å². The van der Waals surface area contributed by atoms with E-state index in [1.54, 1.807) is 11.8 Å². The van der Waals surface area contributed by atoms with Crippen LogP contribution in [-0.4, -0.2) is 32.3 Å². The molecule has 1 aromatic heterocycles. The van der Waals surface area contributed by atoms with Crippen molar-refractivity contribution in [2.24, 2.45) is 13.0 Å². The molecule has 0 bridgehead atoms. The van der Waals surface area contributed by atoms with Gasteiger partial charge in [-0.05, 0) is 36.6 Å². The maximum Gasteiger partial charge on any atom is 0.255 e. The highest BCUT2D eigenvalue weighted by atomic mass is 16.2. The maximum absolute atomic E-state index is 13.1. The molecule has 2 atom stereocenters. The topological polar surface area (TPSA) is 67.2 Å². The summed E-state index contributed by atoms with van der Waals surface area (Å²) in [5, 5.41) is 3.14. The molecule has 6 nitrogen and oxygen atoms in total. The first kappa shape index (κ1) is 19.2. The van der Waals surface area contributed by atoms with E-state index in [9.17, 15) is 9.59 Å². The number of carbonyl (C=O) groups excluding carboxylic acids is 2. The van der Waals surface area contributed by atoms with Crippen molar-refractivity contribution < 1.29 is 9.59 Å². The molecule has 6 heteroatoms. The van der Waals surface area contributed by atoms with Crippen LogP contribution in [0.15, 0.2) is 48.5 Å². The third-order valence-electron chi connectivity index (χ3n) is 5.76. The van der Waals surface area contributed by atoms with Crippen LogP contribution in [-0.2, 0) is 18.4 Å². The van der Waals surface area contributed by atoms with Crippen LogP contribution in [0.25, 0.3) is 11.0 Å². The van der Waals surface area contributed by atoms with Gasteiger partial charge in [0, 0.05) is 19.2 Å². The van der Waals surface area contributed by atoms with Crippen molar-refractivity contribution in [2.75, 3.05) is 0 Å². The molecular weight excluding hydrogens is 364 g/mol. The average molecular weight is 390 g/mol. The summed E-state index contributed by atoms with van der Waals surface area (Å²) in [6, 6.07) is 14.7. The smallest absolute Gasteiger partial charge is 0.255 e. The van der Waals surface area contributed by atoms with Crippen molar-refractivity contribution >= 4 is 22.8 Å². The number of para-hydroxylation sites is 2. The van der Waals surface area contributed by atoms with Crippen molar-refractivity contribution in [1.82, 2.24) is 19.8 Å². The zero-order valence-electron chi connectivity index (χ0n) is 17.2. The Morgan fingerprint density at radius 1 is 1.07 bits per heavy atom. The number of hydrogen-bond donors (Lipinski definition) is 1. The van der Waals surface area contributed by atoms with Gasteiger partial charge < -0.3 is 14.8 Å². The lowest BCUT2D eigenvalue weighted by atomic mass is 10.0. The third-order valence-corrected chi connectivity index (χ3v) is 5.76. The standard InChI is InChI=1S/C23H26N4O2/c1-14(2)20(21-24-18-11-7-8-12-19(18)26(21)4)25-22(28)15(3)27-13-16-9-5-6-10-17(16)23(27)29/h5-12,14-15,20H,13H2,1-4H3,(H,25,28)/t15-,20-/m0/s1. The first-order valence-corrected chi connectivity index (χ1v) is 9.99. The summed E-state index contributed by atoms with van der Waals surface area (Å²) < 4.78 is 2.03. The van der Waals surface area contributed by atoms with Crippen molar-refractivity contribution in [2.45, 2.75) is 39.4 Å². The van der Waals surface area contributed by atoms with Gasteiger partial charge in [-0.3, -0.25) is 9.59 Å². The second-order valence-corrected chi connectivity index (χ2v) is 8.01.